The smallest absolute Gasteiger partial charge is 0.224 e. The molecule has 0 bridgehead atoms. The lowest BCUT2D eigenvalue weighted by atomic mass is 10.0. The fraction of sp³-hybridized carbons (Fsp3) is 0.545. The highest BCUT2D eigenvalue weighted by Crippen LogP contribution is 2.20. The number of nitrogens with one attached hydrogen (secondary N) is 1. The standard InChI is InChI=1S/C22H30FN5/c23-19-8-5-7-18(15-19)16-27-12-6-9-20(17-27)25-22-24-11-10-21(26-22)28-13-3-1-2-4-14-28/h5,7-8,10-11,15,20H,1-4,6,9,12-14,16-17H2,(H,24,25,26). The molecular formula is C22H30FN5. The second-order valence-corrected chi connectivity index (χ2v) is 7.99. The second kappa shape index (κ2) is 9.32. The predicted octanol–water partition coefficient (Wildman–Crippen LogP) is 4.07. The quantitative estimate of drug-likeness (QED) is 0.843. The van der Waals surface area contributed by atoms with Crippen molar-refractivity contribution < 1.29 is 4.39 Å². The van der Waals surface area contributed by atoms with Crippen LogP contribution in [0.15, 0.2) is 36.5 Å². The second-order valence-electron chi connectivity index (χ2n) is 7.99. The highest BCUT2D eigenvalue weighted by Gasteiger charge is 2.21. The van der Waals surface area contributed by atoms with Gasteiger partial charge in [0.15, 0.2) is 0 Å². The Balaban J connectivity index is 1.36. The van der Waals surface area contributed by atoms with E-state index in [9.17, 15) is 4.39 Å². The SMILES string of the molecule is Fc1cccc(CN2CCCC(Nc3nccc(N4CCCCCC4)n3)C2)c1. The van der Waals surface area contributed by atoms with Gasteiger partial charge in [0.2, 0.25) is 5.95 Å². The molecule has 150 valence electrons. The first-order valence-corrected chi connectivity index (χ1v) is 10.6. The molecular weight excluding hydrogens is 353 g/mol. The molecule has 2 saturated heterocycles. The summed E-state index contributed by atoms with van der Waals surface area (Å²) in [5.41, 5.74) is 1.03. The molecule has 1 atom stereocenters. The molecule has 1 unspecified atom stereocenters. The topological polar surface area (TPSA) is 44.3 Å². The van der Waals surface area contributed by atoms with Crippen LogP contribution in [-0.4, -0.2) is 47.1 Å². The lowest BCUT2D eigenvalue weighted by molar-refractivity contribution is 0.208. The maximum absolute atomic E-state index is 13.5. The van der Waals surface area contributed by atoms with Gasteiger partial charge < -0.3 is 10.2 Å². The summed E-state index contributed by atoms with van der Waals surface area (Å²) in [5.74, 6) is 1.59. The van der Waals surface area contributed by atoms with E-state index in [1.807, 2.05) is 18.3 Å². The van der Waals surface area contributed by atoms with Crippen molar-refractivity contribution in [2.24, 2.45) is 0 Å². The van der Waals surface area contributed by atoms with Gasteiger partial charge in [-0.25, -0.2) is 9.37 Å². The first-order chi connectivity index (χ1) is 13.8. The number of hydrogen-bond acceptors (Lipinski definition) is 5. The molecule has 5 nitrogen and oxygen atoms in total. The number of halogens is 1. The summed E-state index contributed by atoms with van der Waals surface area (Å²) < 4.78 is 13.5. The molecule has 0 saturated carbocycles. The van der Waals surface area contributed by atoms with Gasteiger partial charge in [0, 0.05) is 38.4 Å². The van der Waals surface area contributed by atoms with E-state index in [4.69, 9.17) is 4.98 Å². The van der Waals surface area contributed by atoms with Crippen molar-refractivity contribution >= 4 is 11.8 Å². The van der Waals surface area contributed by atoms with E-state index in [1.54, 1.807) is 12.1 Å². The zero-order valence-electron chi connectivity index (χ0n) is 16.5. The van der Waals surface area contributed by atoms with E-state index in [1.165, 1.54) is 31.7 Å². The summed E-state index contributed by atoms with van der Waals surface area (Å²) in [5, 5.41) is 3.54. The van der Waals surface area contributed by atoms with Gasteiger partial charge in [-0.3, -0.25) is 4.90 Å². The van der Waals surface area contributed by atoms with Gasteiger partial charge in [0.05, 0.1) is 0 Å². The van der Waals surface area contributed by atoms with Crippen LogP contribution < -0.4 is 10.2 Å². The molecule has 2 fully saturated rings. The lowest BCUT2D eigenvalue weighted by Crippen LogP contribution is -2.42. The fourth-order valence-electron chi connectivity index (χ4n) is 4.29. The number of piperidine rings is 1. The Hall–Kier alpha value is -2.21. The van der Waals surface area contributed by atoms with Crippen molar-refractivity contribution in [3.63, 3.8) is 0 Å². The summed E-state index contributed by atoms with van der Waals surface area (Å²) in [7, 11) is 0. The van der Waals surface area contributed by atoms with E-state index in [-0.39, 0.29) is 5.82 Å². The van der Waals surface area contributed by atoms with E-state index in [0.29, 0.717) is 6.04 Å². The van der Waals surface area contributed by atoms with Crippen LogP contribution >= 0.6 is 0 Å². The third-order valence-electron chi connectivity index (χ3n) is 5.70. The number of nitrogens with zero attached hydrogens (tertiary/aromatic N) is 4. The van der Waals surface area contributed by atoms with E-state index in [2.05, 4.69) is 20.1 Å². The van der Waals surface area contributed by atoms with Crippen molar-refractivity contribution in [1.82, 2.24) is 14.9 Å². The van der Waals surface area contributed by atoms with Crippen LogP contribution in [0.4, 0.5) is 16.2 Å². The van der Waals surface area contributed by atoms with E-state index < -0.39 is 0 Å². The number of aromatic nitrogens is 2. The third kappa shape index (κ3) is 5.19. The van der Waals surface area contributed by atoms with E-state index >= 15 is 0 Å². The van der Waals surface area contributed by atoms with Gasteiger partial charge in [0.25, 0.3) is 0 Å². The first kappa shape index (κ1) is 19.1. The minimum absolute atomic E-state index is 0.164. The average molecular weight is 384 g/mol. The molecule has 0 radical (unpaired) electrons. The molecule has 1 aromatic heterocycles. The molecule has 0 spiro atoms. The van der Waals surface area contributed by atoms with Crippen molar-refractivity contribution in [1.29, 1.82) is 0 Å². The number of benzene rings is 1. The van der Waals surface area contributed by atoms with Crippen LogP contribution in [0.25, 0.3) is 0 Å². The zero-order chi connectivity index (χ0) is 19.2. The van der Waals surface area contributed by atoms with Gasteiger partial charge in [-0.2, -0.15) is 4.98 Å². The normalized spacial score (nSPS) is 21.3. The van der Waals surface area contributed by atoms with Crippen LogP contribution in [0.3, 0.4) is 0 Å². The summed E-state index contributed by atoms with van der Waals surface area (Å²) in [6, 6.07) is 9.25. The Morgan fingerprint density at radius 2 is 1.89 bits per heavy atom. The van der Waals surface area contributed by atoms with Crippen molar-refractivity contribution in [3.05, 3.63) is 47.9 Å². The summed E-state index contributed by atoms with van der Waals surface area (Å²) in [4.78, 5) is 14.0. The molecule has 1 aromatic carbocycles. The minimum Gasteiger partial charge on any atom is -0.356 e. The maximum atomic E-state index is 13.5. The van der Waals surface area contributed by atoms with Gasteiger partial charge in [-0.1, -0.05) is 25.0 Å². The lowest BCUT2D eigenvalue weighted by Gasteiger charge is -2.33. The zero-order valence-corrected chi connectivity index (χ0v) is 16.5. The average Bonchev–Trinajstić information content (AvgIpc) is 2.98. The van der Waals surface area contributed by atoms with Gasteiger partial charge in [0.1, 0.15) is 11.6 Å². The maximum Gasteiger partial charge on any atom is 0.224 e. The molecule has 2 aliphatic rings. The van der Waals surface area contributed by atoms with Crippen molar-refractivity contribution in [3.8, 4) is 0 Å². The number of rotatable bonds is 5. The van der Waals surface area contributed by atoms with Gasteiger partial charge >= 0.3 is 0 Å². The van der Waals surface area contributed by atoms with Crippen LogP contribution in [-0.2, 0) is 6.54 Å². The summed E-state index contributed by atoms with van der Waals surface area (Å²) in [6.07, 6.45) is 9.21. The molecule has 28 heavy (non-hydrogen) atoms. The van der Waals surface area contributed by atoms with Crippen LogP contribution in [0, 0.1) is 5.82 Å². The monoisotopic (exact) mass is 383 g/mol. The molecule has 0 aliphatic carbocycles. The molecule has 0 amide bonds. The highest BCUT2D eigenvalue weighted by atomic mass is 19.1. The minimum atomic E-state index is -0.164. The van der Waals surface area contributed by atoms with Crippen LogP contribution in [0.5, 0.6) is 0 Å². The van der Waals surface area contributed by atoms with Gasteiger partial charge in [-0.05, 0) is 56.0 Å². The Morgan fingerprint density at radius 3 is 2.71 bits per heavy atom. The third-order valence-corrected chi connectivity index (χ3v) is 5.70. The molecule has 2 aromatic rings. The molecule has 4 rings (SSSR count). The number of anilines is 2. The Labute approximate surface area is 167 Å². The fourth-order valence-corrected chi connectivity index (χ4v) is 4.29. The highest BCUT2D eigenvalue weighted by molar-refractivity contribution is 5.43. The predicted molar refractivity (Wildman–Crippen MR) is 111 cm³/mol. The molecule has 3 heterocycles. The Morgan fingerprint density at radius 1 is 1.04 bits per heavy atom. The molecule has 2 aliphatic heterocycles. The van der Waals surface area contributed by atoms with Gasteiger partial charge in [-0.15, -0.1) is 0 Å². The van der Waals surface area contributed by atoms with E-state index in [0.717, 1.165) is 62.9 Å². The largest absolute Gasteiger partial charge is 0.356 e. The Bertz CT molecular complexity index is 760. The molecule has 1 N–H and O–H groups in total. The van der Waals surface area contributed by atoms with Crippen LogP contribution in [0.2, 0.25) is 0 Å². The van der Waals surface area contributed by atoms with Crippen LogP contribution in [0.1, 0.15) is 44.1 Å². The molecule has 6 heteroatoms. The number of likely N-dealkylation sites (tertiary alicyclic amines) is 1. The Kier molecular flexibility index (Phi) is 6.37. The first-order valence-electron chi connectivity index (χ1n) is 10.6. The summed E-state index contributed by atoms with van der Waals surface area (Å²) >= 11 is 0. The number of hydrogen-bond donors (Lipinski definition) is 1. The van der Waals surface area contributed by atoms with Crippen molar-refractivity contribution in [2.45, 2.75) is 51.1 Å². The van der Waals surface area contributed by atoms with Crippen molar-refractivity contribution in [2.75, 3.05) is 36.4 Å². The summed E-state index contributed by atoms with van der Waals surface area (Å²) in [6.45, 7) is 4.92.